The third-order valence-corrected chi connectivity index (χ3v) is 3.96. The zero-order valence-corrected chi connectivity index (χ0v) is 12.5. The SMILES string of the molecule is COc1ccc(C(=O)NC(C(=O)O)C2CC2)c(I)c1. The summed E-state index contributed by atoms with van der Waals surface area (Å²) in [5.41, 5.74) is 0.466. The average molecular weight is 375 g/mol. The van der Waals surface area contributed by atoms with Crippen LogP contribution in [0, 0.1) is 9.49 Å². The van der Waals surface area contributed by atoms with Gasteiger partial charge in [-0.2, -0.15) is 0 Å². The van der Waals surface area contributed by atoms with Gasteiger partial charge in [0.15, 0.2) is 0 Å². The van der Waals surface area contributed by atoms with Crippen LogP contribution in [0.1, 0.15) is 23.2 Å². The summed E-state index contributed by atoms with van der Waals surface area (Å²) >= 11 is 2.03. The molecule has 0 heterocycles. The lowest BCUT2D eigenvalue weighted by atomic mass is 10.1. The maximum Gasteiger partial charge on any atom is 0.326 e. The van der Waals surface area contributed by atoms with Gasteiger partial charge in [0.25, 0.3) is 5.91 Å². The third-order valence-electron chi connectivity index (χ3n) is 3.07. The fraction of sp³-hybridized carbons (Fsp3) is 0.385. The molecule has 1 atom stereocenters. The largest absolute Gasteiger partial charge is 0.497 e. The first kappa shape index (κ1) is 14.1. The van der Waals surface area contributed by atoms with E-state index in [1.807, 2.05) is 22.6 Å². The lowest BCUT2D eigenvalue weighted by molar-refractivity contribution is -0.139. The van der Waals surface area contributed by atoms with Crippen LogP contribution in [0.2, 0.25) is 0 Å². The van der Waals surface area contributed by atoms with E-state index in [9.17, 15) is 9.59 Å². The molecule has 2 rings (SSSR count). The fourth-order valence-electron chi connectivity index (χ4n) is 1.84. The van der Waals surface area contributed by atoms with Crippen LogP contribution >= 0.6 is 22.6 Å². The van der Waals surface area contributed by atoms with Gasteiger partial charge in [-0.1, -0.05) is 0 Å². The second-order valence-corrected chi connectivity index (χ2v) is 5.63. The Balaban J connectivity index is 2.12. The molecule has 1 aromatic rings. The Labute approximate surface area is 124 Å². The number of methoxy groups -OCH3 is 1. The molecule has 0 radical (unpaired) electrons. The number of carboxylic acid groups (broad SMARTS) is 1. The van der Waals surface area contributed by atoms with Crippen molar-refractivity contribution in [2.24, 2.45) is 5.92 Å². The second-order valence-electron chi connectivity index (χ2n) is 4.47. The minimum Gasteiger partial charge on any atom is -0.497 e. The van der Waals surface area contributed by atoms with Gasteiger partial charge in [0.2, 0.25) is 0 Å². The average Bonchev–Trinajstić information content (AvgIpc) is 3.19. The lowest BCUT2D eigenvalue weighted by Crippen LogP contribution is -2.42. The number of carbonyl (C=O) groups excluding carboxylic acids is 1. The van der Waals surface area contributed by atoms with E-state index < -0.39 is 12.0 Å². The number of ether oxygens (including phenoxy) is 1. The van der Waals surface area contributed by atoms with Crippen molar-refractivity contribution in [3.8, 4) is 5.75 Å². The van der Waals surface area contributed by atoms with Gasteiger partial charge < -0.3 is 15.2 Å². The molecule has 1 fully saturated rings. The molecule has 6 heteroatoms. The standard InChI is InChI=1S/C13H14INO4/c1-19-8-4-5-9(10(14)6-8)12(16)15-11(13(17)18)7-2-3-7/h4-7,11H,2-3H2,1H3,(H,15,16)(H,17,18). The minimum absolute atomic E-state index is 0.0670. The van der Waals surface area contributed by atoms with E-state index in [4.69, 9.17) is 9.84 Å². The second kappa shape index (κ2) is 5.77. The van der Waals surface area contributed by atoms with Gasteiger partial charge in [-0.3, -0.25) is 4.79 Å². The Morgan fingerprint density at radius 3 is 2.63 bits per heavy atom. The lowest BCUT2D eigenvalue weighted by Gasteiger charge is -2.14. The van der Waals surface area contributed by atoms with Crippen molar-refractivity contribution < 1.29 is 19.4 Å². The van der Waals surface area contributed by atoms with Crippen molar-refractivity contribution in [3.63, 3.8) is 0 Å². The molecule has 0 saturated heterocycles. The summed E-state index contributed by atoms with van der Waals surface area (Å²) in [6, 6.07) is 4.28. The smallest absolute Gasteiger partial charge is 0.326 e. The van der Waals surface area contributed by atoms with Crippen molar-refractivity contribution in [3.05, 3.63) is 27.3 Å². The maximum absolute atomic E-state index is 12.1. The van der Waals surface area contributed by atoms with E-state index in [0.29, 0.717) is 11.3 Å². The van der Waals surface area contributed by atoms with Crippen LogP contribution < -0.4 is 10.1 Å². The Hall–Kier alpha value is -1.31. The van der Waals surface area contributed by atoms with Gasteiger partial charge in [0, 0.05) is 3.57 Å². The van der Waals surface area contributed by atoms with Gasteiger partial charge in [0.1, 0.15) is 11.8 Å². The summed E-state index contributed by atoms with van der Waals surface area (Å²) < 4.78 is 5.80. The summed E-state index contributed by atoms with van der Waals surface area (Å²) in [6.07, 6.45) is 1.72. The molecule has 102 valence electrons. The Kier molecular flexibility index (Phi) is 4.28. The van der Waals surface area contributed by atoms with E-state index in [-0.39, 0.29) is 11.8 Å². The molecular weight excluding hydrogens is 361 g/mol. The normalized spacial score (nSPS) is 15.7. The quantitative estimate of drug-likeness (QED) is 0.771. The van der Waals surface area contributed by atoms with Crippen molar-refractivity contribution in [2.75, 3.05) is 7.11 Å². The predicted octanol–water partition coefficient (Wildman–Crippen LogP) is 1.89. The van der Waals surface area contributed by atoms with Crippen LogP contribution in [-0.2, 0) is 4.79 Å². The van der Waals surface area contributed by atoms with Gasteiger partial charge in [-0.25, -0.2) is 4.79 Å². The number of hydrogen-bond donors (Lipinski definition) is 2. The number of hydrogen-bond acceptors (Lipinski definition) is 3. The van der Waals surface area contributed by atoms with Gasteiger partial charge >= 0.3 is 5.97 Å². The zero-order chi connectivity index (χ0) is 14.0. The molecule has 1 aliphatic carbocycles. The molecule has 1 saturated carbocycles. The minimum atomic E-state index is -0.973. The Morgan fingerprint density at radius 2 is 2.16 bits per heavy atom. The van der Waals surface area contributed by atoms with Crippen LogP contribution in [0.5, 0.6) is 5.75 Å². The number of nitrogens with one attached hydrogen (secondary N) is 1. The summed E-state index contributed by atoms with van der Waals surface area (Å²) in [5.74, 6) is -0.596. The van der Waals surface area contributed by atoms with E-state index in [1.165, 1.54) is 0 Å². The number of carboxylic acids is 1. The van der Waals surface area contributed by atoms with Crippen molar-refractivity contribution >= 4 is 34.5 Å². The Bertz CT molecular complexity index is 513. The topological polar surface area (TPSA) is 75.6 Å². The highest BCUT2D eigenvalue weighted by atomic mass is 127. The molecule has 5 nitrogen and oxygen atoms in total. The van der Waals surface area contributed by atoms with Crippen LogP contribution in [0.25, 0.3) is 0 Å². The summed E-state index contributed by atoms with van der Waals surface area (Å²) in [5, 5.41) is 11.7. The molecule has 0 aromatic heterocycles. The summed E-state index contributed by atoms with van der Waals surface area (Å²) in [4.78, 5) is 23.2. The van der Waals surface area contributed by atoms with Crippen molar-refractivity contribution in [2.45, 2.75) is 18.9 Å². The molecule has 1 amide bonds. The van der Waals surface area contributed by atoms with Gasteiger partial charge in [-0.15, -0.1) is 0 Å². The highest BCUT2D eigenvalue weighted by Crippen LogP contribution is 2.33. The molecule has 19 heavy (non-hydrogen) atoms. The highest BCUT2D eigenvalue weighted by molar-refractivity contribution is 14.1. The van der Waals surface area contributed by atoms with Crippen LogP contribution in [0.4, 0.5) is 0 Å². The van der Waals surface area contributed by atoms with Crippen molar-refractivity contribution in [1.82, 2.24) is 5.32 Å². The first-order valence-corrected chi connectivity index (χ1v) is 6.98. The molecule has 2 N–H and O–H groups in total. The van der Waals surface area contributed by atoms with Crippen LogP contribution in [0.3, 0.4) is 0 Å². The number of aliphatic carboxylic acids is 1. The van der Waals surface area contributed by atoms with Crippen LogP contribution in [0.15, 0.2) is 18.2 Å². The summed E-state index contributed by atoms with van der Waals surface area (Å²) in [7, 11) is 1.55. The number of benzene rings is 1. The monoisotopic (exact) mass is 375 g/mol. The summed E-state index contributed by atoms with van der Waals surface area (Å²) in [6.45, 7) is 0. The first-order chi connectivity index (χ1) is 9.02. The van der Waals surface area contributed by atoms with E-state index in [2.05, 4.69) is 5.32 Å². The van der Waals surface area contributed by atoms with Gasteiger partial charge in [0.05, 0.1) is 12.7 Å². The number of amides is 1. The Morgan fingerprint density at radius 1 is 1.47 bits per heavy atom. The van der Waals surface area contributed by atoms with Gasteiger partial charge in [-0.05, 0) is 59.5 Å². The number of rotatable bonds is 5. The van der Waals surface area contributed by atoms with E-state index >= 15 is 0 Å². The third kappa shape index (κ3) is 3.37. The number of carbonyl (C=O) groups is 2. The molecular formula is C13H14INO4. The highest BCUT2D eigenvalue weighted by Gasteiger charge is 2.37. The molecule has 0 spiro atoms. The zero-order valence-electron chi connectivity index (χ0n) is 10.4. The van der Waals surface area contributed by atoms with E-state index in [1.54, 1.807) is 25.3 Å². The first-order valence-electron chi connectivity index (χ1n) is 5.90. The molecule has 1 unspecified atom stereocenters. The van der Waals surface area contributed by atoms with Crippen molar-refractivity contribution in [1.29, 1.82) is 0 Å². The molecule has 0 aliphatic heterocycles. The molecule has 0 bridgehead atoms. The predicted molar refractivity (Wildman–Crippen MR) is 77.3 cm³/mol. The molecule has 1 aliphatic rings. The van der Waals surface area contributed by atoms with Crippen LogP contribution in [-0.4, -0.2) is 30.1 Å². The maximum atomic E-state index is 12.1. The fourth-order valence-corrected chi connectivity index (χ4v) is 2.57. The molecule has 1 aromatic carbocycles. The van der Waals surface area contributed by atoms with E-state index in [0.717, 1.165) is 16.4 Å². The number of halogens is 1.